The van der Waals surface area contributed by atoms with E-state index in [2.05, 4.69) is 4.72 Å². The molecule has 0 saturated carbocycles. The fourth-order valence-electron chi connectivity index (χ4n) is 1.17. The van der Waals surface area contributed by atoms with Crippen molar-refractivity contribution in [3.8, 4) is 0 Å². The average molecular weight is 212 g/mol. The molecule has 0 bridgehead atoms. The van der Waals surface area contributed by atoms with E-state index in [4.69, 9.17) is 0 Å². The van der Waals surface area contributed by atoms with Crippen LogP contribution in [0.25, 0.3) is 0 Å². The van der Waals surface area contributed by atoms with E-state index in [1.54, 1.807) is 6.07 Å². The molecule has 1 saturated heterocycles. The molecule has 1 N–H and O–H groups in total. The van der Waals surface area contributed by atoms with Gasteiger partial charge in [0, 0.05) is 13.1 Å². The van der Waals surface area contributed by atoms with Gasteiger partial charge in [-0.05, 0) is 18.6 Å². The van der Waals surface area contributed by atoms with E-state index in [0.29, 0.717) is 18.8 Å². The van der Waals surface area contributed by atoms with Gasteiger partial charge < -0.3 is 0 Å². The molecule has 5 heteroatoms. The van der Waals surface area contributed by atoms with E-state index in [1.807, 2.05) is 25.1 Å². The predicted octanol–water partition coefficient (Wildman–Crippen LogP) is 0.967. The van der Waals surface area contributed by atoms with Crippen LogP contribution >= 0.6 is 0 Å². The van der Waals surface area contributed by atoms with Gasteiger partial charge in [-0.3, -0.25) is 4.72 Å². The van der Waals surface area contributed by atoms with Gasteiger partial charge in [-0.2, -0.15) is 12.7 Å². The van der Waals surface area contributed by atoms with Gasteiger partial charge in [-0.15, -0.1) is 0 Å². The minimum Gasteiger partial charge on any atom is -0.271 e. The zero-order valence-corrected chi connectivity index (χ0v) is 8.71. The number of benzene rings is 1. The van der Waals surface area contributed by atoms with Gasteiger partial charge in [-0.1, -0.05) is 18.2 Å². The van der Waals surface area contributed by atoms with Crippen molar-refractivity contribution >= 4 is 15.9 Å². The van der Waals surface area contributed by atoms with E-state index in [9.17, 15) is 8.42 Å². The number of nitrogens with zero attached hydrogens (tertiary/aromatic N) is 1. The molecule has 0 aromatic heterocycles. The first-order valence-electron chi connectivity index (χ1n) is 4.43. The lowest BCUT2D eigenvalue weighted by molar-refractivity contribution is 0.569. The molecule has 0 radical (unpaired) electrons. The van der Waals surface area contributed by atoms with Crippen molar-refractivity contribution < 1.29 is 8.42 Å². The summed E-state index contributed by atoms with van der Waals surface area (Å²) < 4.78 is 27.0. The second-order valence-corrected chi connectivity index (χ2v) is 4.99. The second kappa shape index (κ2) is 3.25. The Hall–Kier alpha value is -1.07. The average Bonchev–Trinajstić information content (AvgIpc) is 2.91. The Morgan fingerprint density at radius 2 is 1.93 bits per heavy atom. The second-order valence-electron chi connectivity index (χ2n) is 3.32. The first-order valence-corrected chi connectivity index (χ1v) is 5.87. The number of nitrogens with one attached hydrogen (secondary N) is 1. The molecule has 0 amide bonds. The van der Waals surface area contributed by atoms with Crippen molar-refractivity contribution in [1.29, 1.82) is 0 Å². The Morgan fingerprint density at radius 1 is 1.29 bits per heavy atom. The Balaban J connectivity index is 2.22. The summed E-state index contributed by atoms with van der Waals surface area (Å²) in [6.07, 6.45) is 0. The molecule has 1 fully saturated rings. The SMILES string of the molecule is Cc1ccccc1NS(=O)(=O)N1CC1. The van der Waals surface area contributed by atoms with Crippen molar-refractivity contribution in [2.24, 2.45) is 0 Å². The van der Waals surface area contributed by atoms with Gasteiger partial charge >= 0.3 is 10.2 Å². The molecular formula is C9H12N2O2S. The Labute approximate surface area is 83.7 Å². The smallest absolute Gasteiger partial charge is 0.271 e. The molecule has 0 unspecified atom stereocenters. The van der Waals surface area contributed by atoms with Gasteiger partial charge in [-0.25, -0.2) is 0 Å². The number of rotatable bonds is 3. The summed E-state index contributed by atoms with van der Waals surface area (Å²) >= 11 is 0. The van der Waals surface area contributed by atoms with Gasteiger partial charge in [0.1, 0.15) is 0 Å². The normalized spacial score (nSPS) is 16.6. The van der Waals surface area contributed by atoms with Crippen LogP contribution in [0.15, 0.2) is 24.3 Å². The van der Waals surface area contributed by atoms with Crippen molar-refractivity contribution in [3.63, 3.8) is 0 Å². The van der Waals surface area contributed by atoms with Crippen LogP contribution in [0.1, 0.15) is 5.56 Å². The van der Waals surface area contributed by atoms with Gasteiger partial charge in [0.25, 0.3) is 0 Å². The van der Waals surface area contributed by atoms with Gasteiger partial charge in [0.15, 0.2) is 0 Å². The summed E-state index contributed by atoms with van der Waals surface area (Å²) in [7, 11) is -3.28. The van der Waals surface area contributed by atoms with Crippen molar-refractivity contribution in [1.82, 2.24) is 4.31 Å². The highest BCUT2D eigenvalue weighted by Crippen LogP contribution is 2.19. The molecule has 1 aromatic carbocycles. The lowest BCUT2D eigenvalue weighted by Gasteiger charge is -2.09. The summed E-state index contributed by atoms with van der Waals surface area (Å²) in [6, 6.07) is 7.33. The fraction of sp³-hybridized carbons (Fsp3) is 0.333. The Morgan fingerprint density at radius 3 is 2.50 bits per heavy atom. The molecule has 1 heterocycles. The van der Waals surface area contributed by atoms with Crippen LogP contribution in [0, 0.1) is 6.92 Å². The molecule has 76 valence electrons. The maximum atomic E-state index is 11.5. The molecule has 1 aromatic rings. The lowest BCUT2D eigenvalue weighted by Crippen LogP contribution is -2.21. The van der Waals surface area contributed by atoms with Crippen LogP contribution in [-0.2, 0) is 10.2 Å². The Bertz CT molecular complexity index is 438. The first-order chi connectivity index (χ1) is 6.59. The highest BCUT2D eigenvalue weighted by atomic mass is 32.2. The molecule has 0 atom stereocenters. The maximum Gasteiger partial charge on any atom is 0.301 e. The molecule has 2 rings (SSSR count). The largest absolute Gasteiger partial charge is 0.301 e. The van der Waals surface area contributed by atoms with Gasteiger partial charge in [0.05, 0.1) is 5.69 Å². The van der Waals surface area contributed by atoms with Crippen LogP contribution in [0.3, 0.4) is 0 Å². The zero-order chi connectivity index (χ0) is 10.2. The molecule has 1 aliphatic rings. The lowest BCUT2D eigenvalue weighted by atomic mass is 10.2. The van der Waals surface area contributed by atoms with Crippen molar-refractivity contribution in [2.75, 3.05) is 17.8 Å². The fourth-order valence-corrected chi connectivity index (χ4v) is 2.37. The Kier molecular flexibility index (Phi) is 2.20. The monoisotopic (exact) mass is 212 g/mol. The van der Waals surface area contributed by atoms with E-state index in [1.165, 1.54) is 4.31 Å². The van der Waals surface area contributed by atoms with E-state index in [0.717, 1.165) is 5.56 Å². The third-order valence-electron chi connectivity index (χ3n) is 2.13. The molecule has 14 heavy (non-hydrogen) atoms. The van der Waals surface area contributed by atoms with Crippen LogP contribution in [-0.4, -0.2) is 25.8 Å². The zero-order valence-electron chi connectivity index (χ0n) is 7.90. The van der Waals surface area contributed by atoms with Crippen molar-refractivity contribution in [2.45, 2.75) is 6.92 Å². The summed E-state index contributed by atoms with van der Waals surface area (Å²) in [4.78, 5) is 0. The van der Waals surface area contributed by atoms with E-state index in [-0.39, 0.29) is 0 Å². The molecule has 4 nitrogen and oxygen atoms in total. The minimum atomic E-state index is -3.28. The number of anilines is 1. The molecule has 0 spiro atoms. The number of para-hydroxylation sites is 1. The van der Waals surface area contributed by atoms with Crippen LogP contribution in [0.4, 0.5) is 5.69 Å². The highest BCUT2D eigenvalue weighted by Gasteiger charge is 2.31. The highest BCUT2D eigenvalue weighted by molar-refractivity contribution is 7.90. The first kappa shape index (κ1) is 9.48. The van der Waals surface area contributed by atoms with E-state index < -0.39 is 10.2 Å². The standard InChI is InChI=1S/C9H12N2O2S/c1-8-4-2-3-5-9(8)10-14(12,13)11-6-7-11/h2-5,10H,6-7H2,1H3. The molecular weight excluding hydrogens is 200 g/mol. The van der Waals surface area contributed by atoms with Crippen LogP contribution in [0.2, 0.25) is 0 Å². The topological polar surface area (TPSA) is 49.2 Å². The van der Waals surface area contributed by atoms with Crippen LogP contribution < -0.4 is 4.72 Å². The number of hydrogen-bond acceptors (Lipinski definition) is 2. The number of aryl methyl sites for hydroxylation is 1. The minimum absolute atomic E-state index is 0.626. The third-order valence-corrected chi connectivity index (χ3v) is 3.65. The summed E-state index contributed by atoms with van der Waals surface area (Å²) in [5.74, 6) is 0. The number of hydrogen-bond donors (Lipinski definition) is 1. The molecule has 0 aliphatic carbocycles. The third kappa shape index (κ3) is 1.88. The van der Waals surface area contributed by atoms with Gasteiger partial charge in [0.2, 0.25) is 0 Å². The summed E-state index contributed by atoms with van der Waals surface area (Å²) in [6.45, 7) is 3.13. The summed E-state index contributed by atoms with van der Waals surface area (Å²) in [5.41, 5.74) is 1.58. The van der Waals surface area contributed by atoms with Crippen molar-refractivity contribution in [3.05, 3.63) is 29.8 Å². The van der Waals surface area contributed by atoms with Crippen LogP contribution in [0.5, 0.6) is 0 Å². The molecule has 1 aliphatic heterocycles. The maximum absolute atomic E-state index is 11.5. The van der Waals surface area contributed by atoms with E-state index >= 15 is 0 Å². The predicted molar refractivity (Wildman–Crippen MR) is 55.3 cm³/mol. The quantitative estimate of drug-likeness (QED) is 0.759. The summed E-state index contributed by atoms with van der Waals surface area (Å²) in [5, 5.41) is 0.